The molecule has 4 rings (SSSR count). The van der Waals surface area contributed by atoms with E-state index in [9.17, 15) is 49.4 Å². The molecule has 212 valence electrons. The van der Waals surface area contributed by atoms with Crippen molar-refractivity contribution in [3.63, 3.8) is 0 Å². The van der Waals surface area contributed by atoms with Gasteiger partial charge in [-0.2, -0.15) is 49.6 Å². The number of benzene rings is 2. The van der Waals surface area contributed by atoms with Gasteiger partial charge in [-0.15, -0.1) is 0 Å². The molecule has 0 bridgehead atoms. The van der Waals surface area contributed by atoms with Crippen LogP contribution in [0.15, 0.2) is 59.3 Å². The molecule has 2 aromatic heterocycles. The summed E-state index contributed by atoms with van der Waals surface area (Å²) < 4.78 is 125. The molecule has 8 nitrogen and oxygen atoms in total. The van der Waals surface area contributed by atoms with Crippen molar-refractivity contribution in [1.29, 1.82) is 0 Å². The number of carbonyl (C=O) groups is 1. The Labute approximate surface area is 217 Å². The van der Waals surface area contributed by atoms with Crippen LogP contribution >= 0.6 is 0 Å². The van der Waals surface area contributed by atoms with Crippen LogP contribution < -0.4 is 5.32 Å². The molecule has 0 radical (unpaired) electrons. The number of amides is 1. The van der Waals surface area contributed by atoms with Crippen LogP contribution in [0.2, 0.25) is 0 Å². The van der Waals surface area contributed by atoms with Crippen molar-refractivity contribution in [3.05, 3.63) is 77.4 Å². The summed E-state index contributed by atoms with van der Waals surface area (Å²) in [5.41, 5.74) is -8.84. The Morgan fingerprint density at radius 2 is 1.48 bits per heavy atom. The monoisotopic (exact) mass is 579 g/mol. The second-order valence-electron chi connectivity index (χ2n) is 8.25. The third-order valence-corrected chi connectivity index (χ3v) is 5.55. The molecule has 4 aromatic rings. The van der Waals surface area contributed by atoms with Gasteiger partial charge in [0.15, 0.2) is 11.5 Å². The molecule has 0 aliphatic rings. The molecule has 17 heteroatoms. The van der Waals surface area contributed by atoms with E-state index in [-0.39, 0.29) is 22.8 Å². The lowest BCUT2D eigenvalue weighted by molar-refractivity contribution is -0.376. The van der Waals surface area contributed by atoms with E-state index in [4.69, 9.17) is 4.52 Å². The first kappa shape index (κ1) is 28.6. The quantitative estimate of drug-likeness (QED) is 0.289. The van der Waals surface area contributed by atoms with Crippen molar-refractivity contribution in [1.82, 2.24) is 19.9 Å². The van der Waals surface area contributed by atoms with Crippen molar-refractivity contribution >= 4 is 11.6 Å². The molecule has 0 fully saturated rings. The van der Waals surface area contributed by atoms with Gasteiger partial charge in [-0.1, -0.05) is 17.3 Å². The van der Waals surface area contributed by atoms with Gasteiger partial charge in [-0.3, -0.25) is 4.79 Å². The highest BCUT2D eigenvalue weighted by atomic mass is 19.4. The number of aliphatic hydroxyl groups is 1. The predicted molar refractivity (Wildman–Crippen MR) is 117 cm³/mol. The molecule has 0 saturated carbocycles. The number of nitrogens with zero attached hydrogens (tertiary/aromatic N) is 4. The van der Waals surface area contributed by atoms with Crippen LogP contribution in [0, 0.1) is 6.92 Å². The Morgan fingerprint density at radius 3 is 1.95 bits per heavy atom. The summed E-state index contributed by atoms with van der Waals surface area (Å²) >= 11 is 0. The summed E-state index contributed by atoms with van der Waals surface area (Å²) in [5, 5.41) is 18.9. The molecule has 0 atom stereocenters. The maximum Gasteiger partial charge on any atom is 0.434 e. The number of hydrogen-bond acceptors (Lipinski definition) is 6. The van der Waals surface area contributed by atoms with Crippen LogP contribution in [0.25, 0.3) is 17.1 Å². The van der Waals surface area contributed by atoms with Crippen LogP contribution in [-0.4, -0.2) is 43.3 Å². The summed E-state index contributed by atoms with van der Waals surface area (Å²) in [4.78, 5) is 16.2. The van der Waals surface area contributed by atoms with Crippen LogP contribution in [0.5, 0.6) is 0 Å². The number of alkyl halides is 9. The van der Waals surface area contributed by atoms with E-state index < -0.39 is 52.7 Å². The molecule has 0 saturated heterocycles. The van der Waals surface area contributed by atoms with Crippen LogP contribution in [-0.2, 0) is 11.8 Å². The van der Waals surface area contributed by atoms with Crippen LogP contribution in [0.1, 0.15) is 27.4 Å². The van der Waals surface area contributed by atoms with Crippen molar-refractivity contribution in [2.24, 2.45) is 0 Å². The van der Waals surface area contributed by atoms with Gasteiger partial charge in [-0.05, 0) is 43.3 Å². The molecule has 2 N–H and O–H groups in total. The average molecular weight is 579 g/mol. The SMILES string of the molecule is Cc1noc(-c2cnn(-c3ccc(NC(=O)c4ccc(C(O)(C(F)(F)F)C(F)(F)F)cc4)cc3)c2C(F)(F)F)n1. The number of aromatic nitrogens is 4. The standard InChI is InChI=1S/C23H14F9N5O3/c1-11-34-19(40-36-11)16-10-33-37(17(16)21(24,25)26)15-8-6-14(7-9-15)35-18(38)12-2-4-13(5-3-12)20(39,22(27,28)29)23(30,31)32/h2-10,39H,1H3,(H,35,38). The number of nitrogens with one attached hydrogen (secondary N) is 1. The summed E-state index contributed by atoms with van der Waals surface area (Å²) in [7, 11) is 0. The number of rotatable bonds is 5. The van der Waals surface area contributed by atoms with E-state index in [1.54, 1.807) is 0 Å². The molecule has 0 spiro atoms. The second kappa shape index (κ2) is 9.65. The Hall–Kier alpha value is -4.41. The van der Waals surface area contributed by atoms with E-state index in [0.717, 1.165) is 18.3 Å². The lowest BCUT2D eigenvalue weighted by atomic mass is 9.91. The molecular formula is C23H14F9N5O3. The lowest BCUT2D eigenvalue weighted by Crippen LogP contribution is -2.53. The smallest absolute Gasteiger partial charge is 0.369 e. The minimum absolute atomic E-state index is 0.0216. The molecule has 0 aliphatic heterocycles. The van der Waals surface area contributed by atoms with Crippen molar-refractivity contribution in [2.75, 3.05) is 5.32 Å². The van der Waals surface area contributed by atoms with Gasteiger partial charge < -0.3 is 14.9 Å². The lowest BCUT2D eigenvalue weighted by Gasteiger charge is -2.32. The van der Waals surface area contributed by atoms with E-state index in [0.29, 0.717) is 28.9 Å². The van der Waals surface area contributed by atoms with Crippen molar-refractivity contribution in [3.8, 4) is 17.1 Å². The normalized spacial score (nSPS) is 13.0. The zero-order valence-electron chi connectivity index (χ0n) is 19.7. The maximum absolute atomic E-state index is 13.8. The van der Waals surface area contributed by atoms with Gasteiger partial charge in [0.05, 0.1) is 17.4 Å². The molecular weight excluding hydrogens is 565 g/mol. The molecule has 2 heterocycles. The van der Waals surface area contributed by atoms with Gasteiger partial charge >= 0.3 is 18.5 Å². The summed E-state index contributed by atoms with van der Waals surface area (Å²) in [5.74, 6) is -1.28. The Bertz CT molecular complexity index is 1510. The number of carbonyl (C=O) groups excluding carboxylic acids is 1. The van der Waals surface area contributed by atoms with Gasteiger partial charge in [0.1, 0.15) is 0 Å². The number of hydrogen-bond donors (Lipinski definition) is 2. The second-order valence-corrected chi connectivity index (χ2v) is 8.25. The Morgan fingerprint density at radius 1 is 0.900 bits per heavy atom. The van der Waals surface area contributed by atoms with E-state index in [2.05, 4.69) is 20.6 Å². The van der Waals surface area contributed by atoms with E-state index in [1.165, 1.54) is 19.1 Å². The van der Waals surface area contributed by atoms with Crippen molar-refractivity contribution in [2.45, 2.75) is 31.1 Å². The first-order chi connectivity index (χ1) is 18.4. The van der Waals surface area contributed by atoms with Gasteiger partial charge in [0, 0.05) is 16.8 Å². The third-order valence-electron chi connectivity index (χ3n) is 5.55. The summed E-state index contributed by atoms with van der Waals surface area (Å²) in [6.45, 7) is 1.41. The van der Waals surface area contributed by atoms with E-state index in [1.807, 2.05) is 0 Å². The number of anilines is 1. The van der Waals surface area contributed by atoms with Crippen molar-refractivity contribution < 1.29 is 53.9 Å². The minimum atomic E-state index is -6.09. The summed E-state index contributed by atoms with van der Waals surface area (Å²) in [6, 6.07) is 6.59. The summed E-state index contributed by atoms with van der Waals surface area (Å²) in [6.07, 6.45) is -16.2. The zero-order valence-corrected chi connectivity index (χ0v) is 19.7. The molecule has 40 heavy (non-hydrogen) atoms. The Kier molecular flexibility index (Phi) is 6.90. The largest absolute Gasteiger partial charge is 0.434 e. The number of aryl methyl sites for hydroxylation is 1. The first-order valence-electron chi connectivity index (χ1n) is 10.8. The minimum Gasteiger partial charge on any atom is -0.369 e. The fraction of sp³-hybridized carbons (Fsp3) is 0.217. The maximum atomic E-state index is 13.8. The van der Waals surface area contributed by atoms with Gasteiger partial charge in [0.25, 0.3) is 17.4 Å². The molecule has 1 amide bonds. The Balaban J connectivity index is 1.56. The predicted octanol–water partition coefficient (Wildman–Crippen LogP) is 5.81. The van der Waals surface area contributed by atoms with Gasteiger partial charge in [-0.25, -0.2) is 4.68 Å². The van der Waals surface area contributed by atoms with E-state index >= 15 is 0 Å². The molecule has 2 aromatic carbocycles. The average Bonchev–Trinajstić information content (AvgIpc) is 3.49. The third kappa shape index (κ3) is 5.11. The van der Waals surface area contributed by atoms with Gasteiger partial charge in [0.2, 0.25) is 0 Å². The van der Waals surface area contributed by atoms with Crippen LogP contribution in [0.3, 0.4) is 0 Å². The molecule has 0 unspecified atom stereocenters. The highest BCUT2D eigenvalue weighted by molar-refractivity contribution is 6.04. The fourth-order valence-corrected chi connectivity index (χ4v) is 3.62. The fourth-order valence-electron chi connectivity index (χ4n) is 3.62. The molecule has 0 aliphatic carbocycles. The highest BCUT2D eigenvalue weighted by Gasteiger charge is 2.71. The van der Waals surface area contributed by atoms with Crippen LogP contribution in [0.4, 0.5) is 45.2 Å². The zero-order chi connectivity index (χ0) is 29.7. The topological polar surface area (TPSA) is 106 Å². The first-order valence-corrected chi connectivity index (χ1v) is 10.8. The number of halogens is 9. The highest BCUT2D eigenvalue weighted by Crippen LogP contribution is 2.50.